The molecule has 1 saturated heterocycles. The highest BCUT2D eigenvalue weighted by molar-refractivity contribution is 7.89. The van der Waals surface area contributed by atoms with Crippen molar-refractivity contribution in [3.63, 3.8) is 0 Å². The summed E-state index contributed by atoms with van der Waals surface area (Å²) in [4.78, 5) is 34.4. The van der Waals surface area contributed by atoms with Gasteiger partial charge < -0.3 is 10.4 Å². The molecule has 9 heteroatoms. The Kier molecular flexibility index (Phi) is 7.09. The van der Waals surface area contributed by atoms with E-state index in [4.69, 9.17) is 5.11 Å². The molecule has 0 bridgehead atoms. The van der Waals surface area contributed by atoms with E-state index in [0.29, 0.717) is 18.4 Å². The van der Waals surface area contributed by atoms with Crippen molar-refractivity contribution in [2.75, 3.05) is 13.1 Å². The second-order valence-electron chi connectivity index (χ2n) is 6.50. The highest BCUT2D eigenvalue weighted by Crippen LogP contribution is 2.26. The Labute approximate surface area is 158 Å². The molecule has 148 valence electrons. The number of benzene rings is 1. The average Bonchev–Trinajstić information content (AvgIpc) is 2.65. The van der Waals surface area contributed by atoms with Gasteiger partial charge in [-0.1, -0.05) is 18.6 Å². The van der Waals surface area contributed by atoms with Crippen LogP contribution in [0.1, 0.15) is 49.4 Å². The zero-order chi connectivity index (χ0) is 20.0. The first-order chi connectivity index (χ1) is 12.7. The highest BCUT2D eigenvalue weighted by Gasteiger charge is 2.37. The van der Waals surface area contributed by atoms with E-state index in [0.717, 1.165) is 6.42 Å². The number of sulfonamides is 1. The summed E-state index contributed by atoms with van der Waals surface area (Å²) < 4.78 is 27.2. The van der Waals surface area contributed by atoms with Crippen LogP contribution in [0.25, 0.3) is 0 Å². The largest absolute Gasteiger partial charge is 0.481 e. The number of carboxylic acid groups (broad SMARTS) is 1. The molecule has 1 aliphatic heterocycles. The molecular formula is C18H24N2O6S. The number of carbonyl (C=O) groups is 3. The molecule has 0 radical (unpaired) electrons. The molecule has 1 amide bonds. The molecule has 0 spiro atoms. The van der Waals surface area contributed by atoms with Gasteiger partial charge in [-0.15, -0.1) is 0 Å². The van der Waals surface area contributed by atoms with Gasteiger partial charge in [-0.3, -0.25) is 14.4 Å². The van der Waals surface area contributed by atoms with Crippen molar-refractivity contribution in [2.45, 2.75) is 50.0 Å². The van der Waals surface area contributed by atoms with Crippen LogP contribution in [-0.4, -0.2) is 54.6 Å². The highest BCUT2D eigenvalue weighted by atomic mass is 32.2. The van der Waals surface area contributed by atoms with Gasteiger partial charge in [0.1, 0.15) is 6.04 Å². The molecule has 1 aromatic carbocycles. The summed E-state index contributed by atoms with van der Waals surface area (Å²) >= 11 is 0. The zero-order valence-corrected chi connectivity index (χ0v) is 16.0. The van der Waals surface area contributed by atoms with E-state index in [1.54, 1.807) is 0 Å². The van der Waals surface area contributed by atoms with Crippen LogP contribution in [0.15, 0.2) is 29.2 Å². The summed E-state index contributed by atoms with van der Waals surface area (Å²) in [6, 6.07) is 4.85. The maximum absolute atomic E-state index is 13.0. The second-order valence-corrected chi connectivity index (χ2v) is 8.39. The minimum Gasteiger partial charge on any atom is -0.481 e. The van der Waals surface area contributed by atoms with Crippen LogP contribution >= 0.6 is 0 Å². The van der Waals surface area contributed by atoms with Gasteiger partial charge in [0.2, 0.25) is 15.9 Å². The third-order valence-corrected chi connectivity index (χ3v) is 6.41. The summed E-state index contributed by atoms with van der Waals surface area (Å²) in [7, 11) is -3.88. The summed E-state index contributed by atoms with van der Waals surface area (Å²) in [6.07, 6.45) is 2.04. The number of amides is 1. The third-order valence-electron chi connectivity index (χ3n) is 4.49. The Balaban J connectivity index is 2.13. The minimum atomic E-state index is -3.88. The molecule has 1 aromatic rings. The van der Waals surface area contributed by atoms with Crippen LogP contribution in [0.3, 0.4) is 0 Å². The van der Waals surface area contributed by atoms with Gasteiger partial charge in [0.05, 0.1) is 4.90 Å². The Morgan fingerprint density at radius 2 is 1.85 bits per heavy atom. The molecule has 27 heavy (non-hydrogen) atoms. The van der Waals surface area contributed by atoms with Crippen molar-refractivity contribution >= 4 is 27.7 Å². The predicted molar refractivity (Wildman–Crippen MR) is 97.9 cm³/mol. The second kappa shape index (κ2) is 9.09. The van der Waals surface area contributed by atoms with Gasteiger partial charge in [0.15, 0.2) is 5.78 Å². The Morgan fingerprint density at radius 3 is 2.44 bits per heavy atom. The smallest absolute Gasteiger partial charge is 0.303 e. The van der Waals surface area contributed by atoms with E-state index >= 15 is 0 Å². The lowest BCUT2D eigenvalue weighted by Crippen LogP contribution is -2.51. The number of nitrogens with zero attached hydrogens (tertiary/aromatic N) is 1. The number of rotatable bonds is 8. The lowest BCUT2D eigenvalue weighted by atomic mass is 10.0. The fraction of sp³-hybridized carbons (Fsp3) is 0.500. The van der Waals surface area contributed by atoms with Crippen LogP contribution < -0.4 is 5.32 Å². The Bertz CT molecular complexity index is 804. The summed E-state index contributed by atoms with van der Waals surface area (Å²) in [6.45, 7) is 1.83. The molecular weight excluding hydrogens is 372 g/mol. The molecule has 1 heterocycles. The van der Waals surface area contributed by atoms with E-state index < -0.39 is 27.9 Å². The van der Waals surface area contributed by atoms with Gasteiger partial charge in [0, 0.05) is 25.1 Å². The van der Waals surface area contributed by atoms with E-state index in [1.165, 1.54) is 35.5 Å². The van der Waals surface area contributed by atoms with Crippen LogP contribution in [-0.2, 0) is 19.6 Å². The van der Waals surface area contributed by atoms with Crippen molar-refractivity contribution in [3.8, 4) is 0 Å². The normalized spacial score (nSPS) is 18.0. The number of carboxylic acids is 1. The standard InChI is InChI=1S/C18H24N2O6S/c1-13(21)14-7-9-15(10-8-14)27(25,26)20-12-3-2-5-16(20)18(24)19-11-4-6-17(22)23/h7-10,16H,2-6,11-12H2,1H3,(H,19,24)(H,22,23). The van der Waals surface area contributed by atoms with Crippen LogP contribution in [0.2, 0.25) is 0 Å². The van der Waals surface area contributed by atoms with Crippen LogP contribution in [0, 0.1) is 0 Å². The van der Waals surface area contributed by atoms with Crippen molar-refractivity contribution < 1.29 is 27.9 Å². The Hall–Kier alpha value is -2.26. The van der Waals surface area contributed by atoms with Gasteiger partial charge in [0.25, 0.3) is 0 Å². The minimum absolute atomic E-state index is 0.0399. The number of carbonyl (C=O) groups excluding carboxylic acids is 2. The lowest BCUT2D eigenvalue weighted by molar-refractivity contribution is -0.137. The third kappa shape index (κ3) is 5.36. The Morgan fingerprint density at radius 1 is 1.19 bits per heavy atom. The van der Waals surface area contributed by atoms with Crippen LogP contribution in [0.4, 0.5) is 0 Å². The molecule has 1 atom stereocenters. The van der Waals surface area contributed by atoms with Crippen molar-refractivity contribution in [1.29, 1.82) is 0 Å². The zero-order valence-electron chi connectivity index (χ0n) is 15.2. The predicted octanol–water partition coefficient (Wildman–Crippen LogP) is 1.41. The molecule has 0 aromatic heterocycles. The van der Waals surface area contributed by atoms with Gasteiger partial charge in [-0.05, 0) is 38.3 Å². The maximum Gasteiger partial charge on any atom is 0.303 e. The van der Waals surface area contributed by atoms with E-state index in [2.05, 4.69) is 5.32 Å². The molecule has 0 saturated carbocycles. The fourth-order valence-electron chi connectivity index (χ4n) is 3.02. The van der Waals surface area contributed by atoms with E-state index in [-0.39, 0.29) is 36.6 Å². The molecule has 1 unspecified atom stereocenters. The van der Waals surface area contributed by atoms with Crippen molar-refractivity contribution in [2.24, 2.45) is 0 Å². The number of hydrogen-bond donors (Lipinski definition) is 2. The molecule has 8 nitrogen and oxygen atoms in total. The number of Topliss-reactive ketones (excluding diaryl/α,β-unsaturated/α-hetero) is 1. The SMILES string of the molecule is CC(=O)c1ccc(S(=O)(=O)N2CCCCC2C(=O)NCCCC(=O)O)cc1. The summed E-state index contributed by atoms with van der Waals surface area (Å²) in [5.74, 6) is -1.51. The maximum atomic E-state index is 13.0. The monoisotopic (exact) mass is 396 g/mol. The first-order valence-electron chi connectivity index (χ1n) is 8.86. The van der Waals surface area contributed by atoms with Crippen molar-refractivity contribution in [1.82, 2.24) is 9.62 Å². The number of ketones is 1. The molecule has 0 aliphatic carbocycles. The quantitative estimate of drug-likeness (QED) is 0.506. The molecule has 2 rings (SSSR count). The molecule has 2 N–H and O–H groups in total. The summed E-state index contributed by atoms with van der Waals surface area (Å²) in [5.41, 5.74) is 0.417. The average molecular weight is 396 g/mol. The molecule has 1 fully saturated rings. The lowest BCUT2D eigenvalue weighted by Gasteiger charge is -2.33. The van der Waals surface area contributed by atoms with Gasteiger partial charge in [-0.25, -0.2) is 8.42 Å². The van der Waals surface area contributed by atoms with Crippen LogP contribution in [0.5, 0.6) is 0 Å². The topological polar surface area (TPSA) is 121 Å². The van der Waals surface area contributed by atoms with Gasteiger partial charge in [-0.2, -0.15) is 4.31 Å². The van der Waals surface area contributed by atoms with E-state index in [1.807, 2.05) is 0 Å². The first-order valence-corrected chi connectivity index (χ1v) is 10.3. The number of hydrogen-bond acceptors (Lipinski definition) is 5. The number of aliphatic carboxylic acids is 1. The fourth-order valence-corrected chi connectivity index (χ4v) is 4.68. The number of nitrogens with one attached hydrogen (secondary N) is 1. The van der Waals surface area contributed by atoms with E-state index in [9.17, 15) is 22.8 Å². The first kappa shape index (κ1) is 21.0. The number of piperidine rings is 1. The summed E-state index contributed by atoms with van der Waals surface area (Å²) in [5, 5.41) is 11.3. The van der Waals surface area contributed by atoms with Gasteiger partial charge >= 0.3 is 5.97 Å². The van der Waals surface area contributed by atoms with Crippen molar-refractivity contribution in [3.05, 3.63) is 29.8 Å². The molecule has 1 aliphatic rings.